The first-order chi connectivity index (χ1) is 9.65. The van der Waals surface area contributed by atoms with Crippen LogP contribution < -0.4 is 4.74 Å². The first kappa shape index (κ1) is 14.5. The summed E-state index contributed by atoms with van der Waals surface area (Å²) in [5.74, 6) is 0.877. The number of hydrogen-bond donors (Lipinski definition) is 0. The lowest BCUT2D eigenvalue weighted by Gasteiger charge is -2.14. The van der Waals surface area contributed by atoms with Gasteiger partial charge in [0, 0.05) is 17.1 Å². The Hall–Kier alpha value is -1.86. The van der Waals surface area contributed by atoms with Gasteiger partial charge in [-0.15, -0.1) is 0 Å². The molecule has 0 radical (unpaired) electrons. The van der Waals surface area contributed by atoms with Crippen LogP contribution >= 0.6 is 15.9 Å². The highest BCUT2D eigenvalue weighted by atomic mass is 79.9. The molecule has 0 unspecified atom stereocenters. The minimum Gasteiger partial charge on any atom is -0.488 e. The van der Waals surface area contributed by atoms with E-state index in [-0.39, 0.29) is 0 Å². The SMILES string of the molecule is Cc1cc(CBr)cc(C)c1OCc1cccnc1C#N. The van der Waals surface area contributed by atoms with Crippen LogP contribution in [0.5, 0.6) is 5.75 Å². The van der Waals surface area contributed by atoms with Crippen LogP contribution in [-0.2, 0) is 11.9 Å². The third-order valence-electron chi connectivity index (χ3n) is 3.04. The zero-order valence-corrected chi connectivity index (χ0v) is 13.1. The van der Waals surface area contributed by atoms with Crippen molar-refractivity contribution in [1.29, 1.82) is 5.26 Å². The van der Waals surface area contributed by atoms with Gasteiger partial charge in [-0.2, -0.15) is 5.26 Å². The van der Waals surface area contributed by atoms with Crippen molar-refractivity contribution >= 4 is 15.9 Å². The molecular weight excluding hydrogens is 316 g/mol. The first-order valence-corrected chi connectivity index (χ1v) is 7.40. The van der Waals surface area contributed by atoms with E-state index < -0.39 is 0 Å². The van der Waals surface area contributed by atoms with Crippen LogP contribution in [0.15, 0.2) is 30.5 Å². The molecule has 0 saturated heterocycles. The van der Waals surface area contributed by atoms with Crippen molar-refractivity contribution in [3.63, 3.8) is 0 Å². The molecule has 0 amide bonds. The van der Waals surface area contributed by atoms with E-state index in [2.05, 4.69) is 39.1 Å². The van der Waals surface area contributed by atoms with Crippen molar-refractivity contribution < 1.29 is 4.74 Å². The minimum atomic E-state index is 0.353. The summed E-state index contributed by atoms with van der Waals surface area (Å²) in [5, 5.41) is 9.85. The summed E-state index contributed by atoms with van der Waals surface area (Å²) in [5.41, 5.74) is 4.65. The molecule has 1 aromatic carbocycles. The fourth-order valence-corrected chi connectivity index (χ4v) is 2.47. The minimum absolute atomic E-state index is 0.353. The predicted octanol–water partition coefficient (Wildman–Crippen LogP) is 4.04. The van der Waals surface area contributed by atoms with Crippen molar-refractivity contribution in [3.05, 3.63) is 58.4 Å². The van der Waals surface area contributed by atoms with Crippen LogP contribution in [0.3, 0.4) is 0 Å². The summed E-state index contributed by atoms with van der Waals surface area (Å²) in [4.78, 5) is 4.03. The molecule has 0 aliphatic heterocycles. The quantitative estimate of drug-likeness (QED) is 0.794. The second kappa shape index (κ2) is 6.53. The number of hydrogen-bond acceptors (Lipinski definition) is 3. The number of rotatable bonds is 4. The average molecular weight is 331 g/mol. The number of nitriles is 1. The van der Waals surface area contributed by atoms with E-state index in [4.69, 9.17) is 10.00 Å². The van der Waals surface area contributed by atoms with Crippen LogP contribution in [0, 0.1) is 25.2 Å². The Bertz CT molecular complexity index is 639. The summed E-state index contributed by atoms with van der Waals surface area (Å²) in [7, 11) is 0. The largest absolute Gasteiger partial charge is 0.488 e. The number of aryl methyl sites for hydroxylation is 2. The van der Waals surface area contributed by atoms with Crippen LogP contribution in [0.1, 0.15) is 27.9 Å². The van der Waals surface area contributed by atoms with Gasteiger partial charge in [-0.25, -0.2) is 4.98 Å². The van der Waals surface area contributed by atoms with Crippen LogP contribution in [-0.4, -0.2) is 4.98 Å². The third-order valence-corrected chi connectivity index (χ3v) is 3.69. The van der Waals surface area contributed by atoms with Gasteiger partial charge in [0.05, 0.1) is 0 Å². The number of benzene rings is 1. The molecule has 0 saturated carbocycles. The Morgan fingerprint density at radius 3 is 2.60 bits per heavy atom. The molecule has 2 aromatic rings. The van der Waals surface area contributed by atoms with Gasteiger partial charge in [0.25, 0.3) is 0 Å². The summed E-state index contributed by atoms with van der Waals surface area (Å²) in [6.45, 7) is 4.41. The summed E-state index contributed by atoms with van der Waals surface area (Å²) in [6, 6.07) is 9.96. The van der Waals surface area contributed by atoms with E-state index in [9.17, 15) is 0 Å². The fraction of sp³-hybridized carbons (Fsp3) is 0.250. The van der Waals surface area contributed by atoms with Gasteiger partial charge in [-0.1, -0.05) is 34.1 Å². The molecule has 2 rings (SSSR count). The number of ether oxygens (including phenoxy) is 1. The fourth-order valence-electron chi connectivity index (χ4n) is 2.15. The van der Waals surface area contributed by atoms with Gasteiger partial charge in [0.1, 0.15) is 24.1 Å². The van der Waals surface area contributed by atoms with Crippen molar-refractivity contribution in [2.24, 2.45) is 0 Å². The maximum Gasteiger partial charge on any atom is 0.147 e. The van der Waals surface area contributed by atoms with Gasteiger partial charge < -0.3 is 4.74 Å². The van der Waals surface area contributed by atoms with Crippen molar-refractivity contribution in [2.45, 2.75) is 25.8 Å². The first-order valence-electron chi connectivity index (χ1n) is 6.28. The normalized spacial score (nSPS) is 10.1. The second-order valence-corrected chi connectivity index (χ2v) is 5.16. The van der Waals surface area contributed by atoms with E-state index in [0.29, 0.717) is 12.3 Å². The summed E-state index contributed by atoms with van der Waals surface area (Å²) < 4.78 is 5.89. The average Bonchev–Trinajstić information content (AvgIpc) is 2.46. The summed E-state index contributed by atoms with van der Waals surface area (Å²) >= 11 is 3.46. The highest BCUT2D eigenvalue weighted by Gasteiger charge is 2.08. The highest BCUT2D eigenvalue weighted by molar-refractivity contribution is 9.08. The monoisotopic (exact) mass is 330 g/mol. The zero-order valence-electron chi connectivity index (χ0n) is 11.5. The van der Waals surface area contributed by atoms with E-state index in [1.807, 2.05) is 26.0 Å². The molecule has 4 heteroatoms. The molecular formula is C16H15BrN2O. The topological polar surface area (TPSA) is 45.9 Å². The number of pyridine rings is 1. The maximum absolute atomic E-state index is 9.02. The van der Waals surface area contributed by atoms with Crippen molar-refractivity contribution in [2.75, 3.05) is 0 Å². The maximum atomic E-state index is 9.02. The van der Waals surface area contributed by atoms with E-state index >= 15 is 0 Å². The van der Waals surface area contributed by atoms with Crippen molar-refractivity contribution in [3.8, 4) is 11.8 Å². The molecule has 0 N–H and O–H groups in total. The third kappa shape index (κ3) is 3.17. The molecule has 1 heterocycles. The van der Waals surface area contributed by atoms with Gasteiger partial charge in [-0.05, 0) is 36.6 Å². The number of nitrogens with zero attached hydrogens (tertiary/aromatic N) is 2. The van der Waals surface area contributed by atoms with Gasteiger partial charge in [0.2, 0.25) is 0 Å². The Kier molecular flexibility index (Phi) is 4.75. The molecule has 0 spiro atoms. The van der Waals surface area contributed by atoms with Crippen LogP contribution in [0.2, 0.25) is 0 Å². The molecule has 0 fully saturated rings. The molecule has 1 aromatic heterocycles. The molecule has 102 valence electrons. The Balaban J connectivity index is 2.22. The van der Waals surface area contributed by atoms with E-state index in [1.54, 1.807) is 6.20 Å². The number of alkyl halides is 1. The Morgan fingerprint density at radius 2 is 2.00 bits per heavy atom. The van der Waals surface area contributed by atoms with Crippen LogP contribution in [0.4, 0.5) is 0 Å². The van der Waals surface area contributed by atoms with E-state index in [1.165, 1.54) is 5.56 Å². The summed E-state index contributed by atoms with van der Waals surface area (Å²) in [6.07, 6.45) is 1.61. The highest BCUT2D eigenvalue weighted by Crippen LogP contribution is 2.26. The lowest BCUT2D eigenvalue weighted by molar-refractivity contribution is 0.301. The van der Waals surface area contributed by atoms with Crippen molar-refractivity contribution in [1.82, 2.24) is 4.98 Å². The molecule has 0 bridgehead atoms. The predicted molar refractivity (Wildman–Crippen MR) is 81.8 cm³/mol. The molecule has 3 nitrogen and oxygen atoms in total. The standard InChI is InChI=1S/C16H15BrN2O/c1-11-6-13(8-17)7-12(2)16(11)20-10-14-4-3-5-19-15(14)9-18/h3-7H,8,10H2,1-2H3. The van der Waals surface area contributed by atoms with E-state index in [0.717, 1.165) is 27.8 Å². The Morgan fingerprint density at radius 1 is 1.30 bits per heavy atom. The molecule has 20 heavy (non-hydrogen) atoms. The lowest BCUT2D eigenvalue weighted by atomic mass is 10.1. The molecule has 0 atom stereocenters. The number of aromatic nitrogens is 1. The smallest absolute Gasteiger partial charge is 0.147 e. The van der Waals surface area contributed by atoms with Gasteiger partial charge in [0.15, 0.2) is 0 Å². The lowest BCUT2D eigenvalue weighted by Crippen LogP contribution is -2.02. The van der Waals surface area contributed by atoms with Gasteiger partial charge in [-0.3, -0.25) is 0 Å². The van der Waals surface area contributed by atoms with Crippen LogP contribution in [0.25, 0.3) is 0 Å². The molecule has 0 aliphatic carbocycles. The Labute approximate surface area is 127 Å². The van der Waals surface area contributed by atoms with Gasteiger partial charge >= 0.3 is 0 Å². The second-order valence-electron chi connectivity index (χ2n) is 4.60. The zero-order chi connectivity index (χ0) is 14.5. The molecule has 0 aliphatic rings. The number of halogens is 1.